The lowest BCUT2D eigenvalue weighted by atomic mass is 9.96. The van der Waals surface area contributed by atoms with Gasteiger partial charge in [-0.25, -0.2) is 0 Å². The van der Waals surface area contributed by atoms with Crippen LogP contribution >= 0.6 is 0 Å². The van der Waals surface area contributed by atoms with E-state index in [0.29, 0.717) is 0 Å². The van der Waals surface area contributed by atoms with Gasteiger partial charge >= 0.3 is 0 Å². The van der Waals surface area contributed by atoms with Crippen molar-refractivity contribution >= 4 is 0 Å². The molecule has 3 heteroatoms. The summed E-state index contributed by atoms with van der Waals surface area (Å²) in [6, 6.07) is 17.2. The summed E-state index contributed by atoms with van der Waals surface area (Å²) >= 11 is 0. The third kappa shape index (κ3) is 4.37. The van der Waals surface area contributed by atoms with E-state index in [9.17, 15) is 0 Å². The predicted octanol–water partition coefficient (Wildman–Crippen LogP) is 3.54. The summed E-state index contributed by atoms with van der Waals surface area (Å²) in [5.74, 6) is 0.909. The van der Waals surface area contributed by atoms with E-state index in [1.54, 1.807) is 7.11 Å². The number of benzene rings is 2. The van der Waals surface area contributed by atoms with Gasteiger partial charge < -0.3 is 14.5 Å². The summed E-state index contributed by atoms with van der Waals surface area (Å²) in [4.78, 5) is 5.01. The van der Waals surface area contributed by atoms with Crippen LogP contribution in [0.15, 0.2) is 48.5 Å². The van der Waals surface area contributed by atoms with Crippen molar-refractivity contribution in [1.82, 2.24) is 9.80 Å². The lowest BCUT2D eigenvalue weighted by Gasteiger charge is -2.32. The van der Waals surface area contributed by atoms with Crippen molar-refractivity contribution in [2.75, 3.05) is 46.9 Å². The highest BCUT2D eigenvalue weighted by molar-refractivity contribution is 5.68. The van der Waals surface area contributed by atoms with Gasteiger partial charge in [0.25, 0.3) is 0 Å². The Morgan fingerprint density at radius 2 is 1.62 bits per heavy atom. The molecule has 0 aliphatic carbocycles. The first-order valence-electron chi connectivity index (χ1n) is 8.89. The smallest absolute Gasteiger partial charge is 0.118 e. The van der Waals surface area contributed by atoms with E-state index in [-0.39, 0.29) is 0 Å². The molecular weight excluding hydrogens is 296 g/mol. The zero-order valence-corrected chi connectivity index (χ0v) is 14.9. The molecule has 1 aliphatic heterocycles. The Morgan fingerprint density at radius 1 is 0.917 bits per heavy atom. The van der Waals surface area contributed by atoms with Crippen LogP contribution in [0.2, 0.25) is 0 Å². The van der Waals surface area contributed by atoms with Crippen molar-refractivity contribution in [2.24, 2.45) is 0 Å². The quantitative estimate of drug-likeness (QED) is 0.808. The van der Waals surface area contributed by atoms with Crippen LogP contribution in [-0.4, -0.2) is 56.7 Å². The first-order chi connectivity index (χ1) is 11.8. The molecule has 0 radical (unpaired) electrons. The van der Waals surface area contributed by atoms with Crippen molar-refractivity contribution in [2.45, 2.75) is 12.8 Å². The number of nitrogens with zero attached hydrogens (tertiary/aromatic N) is 2. The van der Waals surface area contributed by atoms with Crippen LogP contribution in [0, 0.1) is 0 Å². The third-order valence-corrected chi connectivity index (χ3v) is 4.93. The number of methoxy groups -OCH3 is 1. The minimum Gasteiger partial charge on any atom is -0.497 e. The Hall–Kier alpha value is -1.84. The molecule has 3 rings (SSSR count). The number of rotatable bonds is 6. The second kappa shape index (κ2) is 8.32. The molecule has 2 aromatic rings. The van der Waals surface area contributed by atoms with Gasteiger partial charge in [-0.3, -0.25) is 0 Å². The Labute approximate surface area is 145 Å². The zero-order chi connectivity index (χ0) is 16.8. The fourth-order valence-corrected chi connectivity index (χ4v) is 3.36. The highest BCUT2D eigenvalue weighted by Crippen LogP contribution is 2.26. The average Bonchev–Trinajstić information content (AvgIpc) is 2.64. The summed E-state index contributed by atoms with van der Waals surface area (Å²) in [7, 11) is 3.92. The van der Waals surface area contributed by atoms with Gasteiger partial charge in [0.15, 0.2) is 0 Å². The number of hydrogen-bond donors (Lipinski definition) is 0. The SMILES string of the molecule is COc1ccc(-c2ccccc2CCCN2CCN(C)CC2)cc1. The Bertz CT molecular complexity index is 631. The zero-order valence-electron chi connectivity index (χ0n) is 14.9. The molecule has 1 fully saturated rings. The van der Waals surface area contributed by atoms with Crippen molar-refractivity contribution < 1.29 is 4.74 Å². The highest BCUT2D eigenvalue weighted by Gasteiger charge is 2.13. The normalized spacial score (nSPS) is 16.2. The first kappa shape index (κ1) is 17.0. The van der Waals surface area contributed by atoms with Crippen LogP contribution in [0.5, 0.6) is 5.75 Å². The topological polar surface area (TPSA) is 15.7 Å². The summed E-state index contributed by atoms with van der Waals surface area (Å²) in [6.07, 6.45) is 2.35. The number of aryl methyl sites for hydroxylation is 1. The van der Waals surface area contributed by atoms with E-state index in [2.05, 4.69) is 53.2 Å². The predicted molar refractivity (Wildman–Crippen MR) is 101 cm³/mol. The molecular formula is C21H28N2O. The van der Waals surface area contributed by atoms with Gasteiger partial charge in [-0.15, -0.1) is 0 Å². The molecule has 0 atom stereocenters. The van der Waals surface area contributed by atoms with Gasteiger partial charge in [0.2, 0.25) is 0 Å². The molecule has 0 bridgehead atoms. The molecule has 1 saturated heterocycles. The molecule has 0 spiro atoms. The first-order valence-corrected chi connectivity index (χ1v) is 8.89. The van der Waals surface area contributed by atoms with Crippen LogP contribution in [0.25, 0.3) is 11.1 Å². The van der Waals surface area contributed by atoms with E-state index in [1.165, 1.54) is 55.8 Å². The molecule has 1 heterocycles. The van der Waals surface area contributed by atoms with Crippen LogP contribution in [-0.2, 0) is 6.42 Å². The van der Waals surface area contributed by atoms with Crippen molar-refractivity contribution in [3.63, 3.8) is 0 Å². The van der Waals surface area contributed by atoms with Gasteiger partial charge in [-0.05, 0) is 55.3 Å². The molecule has 0 N–H and O–H groups in total. The molecule has 24 heavy (non-hydrogen) atoms. The lowest BCUT2D eigenvalue weighted by molar-refractivity contribution is 0.153. The number of hydrogen-bond acceptors (Lipinski definition) is 3. The van der Waals surface area contributed by atoms with Crippen molar-refractivity contribution in [3.8, 4) is 16.9 Å². The van der Waals surface area contributed by atoms with Crippen LogP contribution < -0.4 is 4.74 Å². The Kier molecular flexibility index (Phi) is 5.89. The van der Waals surface area contributed by atoms with Crippen LogP contribution in [0.4, 0.5) is 0 Å². The maximum absolute atomic E-state index is 5.27. The summed E-state index contributed by atoms with van der Waals surface area (Å²) in [5.41, 5.74) is 4.06. The highest BCUT2D eigenvalue weighted by atomic mass is 16.5. The fourth-order valence-electron chi connectivity index (χ4n) is 3.36. The van der Waals surface area contributed by atoms with Crippen LogP contribution in [0.1, 0.15) is 12.0 Å². The van der Waals surface area contributed by atoms with E-state index >= 15 is 0 Å². The molecule has 0 amide bonds. The lowest BCUT2D eigenvalue weighted by Crippen LogP contribution is -2.44. The molecule has 0 saturated carbocycles. The minimum absolute atomic E-state index is 0.909. The number of ether oxygens (including phenoxy) is 1. The van der Waals surface area contributed by atoms with E-state index in [4.69, 9.17) is 4.74 Å². The van der Waals surface area contributed by atoms with E-state index in [0.717, 1.165) is 12.2 Å². The largest absolute Gasteiger partial charge is 0.497 e. The second-order valence-electron chi connectivity index (χ2n) is 6.63. The maximum atomic E-state index is 5.27. The average molecular weight is 324 g/mol. The number of likely N-dealkylation sites (N-methyl/N-ethyl adjacent to an activating group) is 1. The Balaban J connectivity index is 1.61. The van der Waals surface area contributed by atoms with Crippen molar-refractivity contribution in [1.29, 1.82) is 0 Å². The summed E-state index contributed by atoms with van der Waals surface area (Å²) in [6.45, 7) is 6.00. The molecule has 2 aromatic carbocycles. The van der Waals surface area contributed by atoms with Crippen LogP contribution in [0.3, 0.4) is 0 Å². The second-order valence-corrected chi connectivity index (χ2v) is 6.63. The van der Waals surface area contributed by atoms with Gasteiger partial charge in [0.1, 0.15) is 5.75 Å². The monoisotopic (exact) mass is 324 g/mol. The van der Waals surface area contributed by atoms with E-state index in [1.807, 2.05) is 12.1 Å². The molecule has 0 aromatic heterocycles. The number of piperazine rings is 1. The summed E-state index contributed by atoms with van der Waals surface area (Å²) in [5, 5.41) is 0. The maximum Gasteiger partial charge on any atom is 0.118 e. The van der Waals surface area contributed by atoms with E-state index < -0.39 is 0 Å². The molecule has 128 valence electrons. The molecule has 3 nitrogen and oxygen atoms in total. The minimum atomic E-state index is 0.909. The van der Waals surface area contributed by atoms with Gasteiger partial charge in [0.05, 0.1) is 7.11 Å². The molecule has 1 aliphatic rings. The molecule has 0 unspecified atom stereocenters. The summed E-state index contributed by atoms with van der Waals surface area (Å²) < 4.78 is 5.27. The third-order valence-electron chi connectivity index (χ3n) is 4.93. The standard InChI is InChI=1S/C21H28N2O/c1-22-14-16-23(17-15-22)13-5-7-18-6-3-4-8-21(18)19-9-11-20(24-2)12-10-19/h3-4,6,8-12H,5,7,13-17H2,1-2H3. The van der Waals surface area contributed by atoms with Crippen molar-refractivity contribution in [3.05, 3.63) is 54.1 Å². The van der Waals surface area contributed by atoms with Gasteiger partial charge in [-0.2, -0.15) is 0 Å². The fraction of sp³-hybridized carbons (Fsp3) is 0.429. The Morgan fingerprint density at radius 3 is 2.33 bits per heavy atom. The van der Waals surface area contributed by atoms with Gasteiger partial charge in [-0.1, -0.05) is 36.4 Å². The van der Waals surface area contributed by atoms with Gasteiger partial charge in [0, 0.05) is 26.2 Å².